The minimum atomic E-state index is -0.369. The molecule has 1 heterocycles. The molecule has 0 amide bonds. The van der Waals surface area contributed by atoms with E-state index in [1.54, 1.807) is 31.4 Å². The van der Waals surface area contributed by atoms with Crippen LogP contribution >= 0.6 is 11.3 Å². The second-order valence-electron chi connectivity index (χ2n) is 6.20. The zero-order valence-electron chi connectivity index (χ0n) is 15.2. The van der Waals surface area contributed by atoms with Gasteiger partial charge in [0.1, 0.15) is 5.75 Å². The van der Waals surface area contributed by atoms with Crippen LogP contribution in [0.3, 0.4) is 0 Å². The SMILES string of the molecule is COc1ccc2c(c1)sc(=O)n2C(=O)C=Cc1cccc(-c2ccccc2)c1. The molecule has 0 aliphatic heterocycles. The van der Waals surface area contributed by atoms with Crippen molar-refractivity contribution in [1.29, 1.82) is 0 Å². The molecule has 0 atom stereocenters. The molecule has 0 unspecified atom stereocenters. The Morgan fingerprint density at radius 1 is 0.964 bits per heavy atom. The lowest BCUT2D eigenvalue weighted by Gasteiger charge is -2.03. The standard InChI is InChI=1S/C23H17NO3S/c1-27-19-11-12-20-21(15-19)28-23(26)24(20)22(25)13-10-16-6-5-9-18(14-16)17-7-3-2-4-8-17/h2-15H,1H3. The van der Waals surface area contributed by atoms with Gasteiger partial charge in [-0.2, -0.15) is 0 Å². The highest BCUT2D eigenvalue weighted by Gasteiger charge is 2.13. The van der Waals surface area contributed by atoms with E-state index < -0.39 is 0 Å². The molecule has 4 aromatic rings. The van der Waals surface area contributed by atoms with Gasteiger partial charge in [-0.15, -0.1) is 0 Å². The maximum absolute atomic E-state index is 12.7. The van der Waals surface area contributed by atoms with Gasteiger partial charge in [0.25, 0.3) is 5.91 Å². The first-order valence-corrected chi connectivity index (χ1v) is 9.55. The van der Waals surface area contributed by atoms with Crippen molar-refractivity contribution in [3.8, 4) is 16.9 Å². The quantitative estimate of drug-likeness (QED) is 0.458. The predicted molar refractivity (Wildman–Crippen MR) is 114 cm³/mol. The smallest absolute Gasteiger partial charge is 0.315 e. The van der Waals surface area contributed by atoms with Crippen molar-refractivity contribution in [1.82, 2.24) is 4.57 Å². The molecule has 0 radical (unpaired) electrons. The van der Waals surface area contributed by atoms with E-state index in [2.05, 4.69) is 0 Å². The van der Waals surface area contributed by atoms with E-state index in [4.69, 9.17) is 4.74 Å². The second kappa shape index (κ2) is 7.66. The Morgan fingerprint density at radius 2 is 1.75 bits per heavy atom. The molecule has 0 saturated carbocycles. The van der Waals surface area contributed by atoms with Crippen LogP contribution in [0.2, 0.25) is 0 Å². The lowest BCUT2D eigenvalue weighted by molar-refractivity contribution is 0.0972. The summed E-state index contributed by atoms with van der Waals surface area (Å²) in [5.41, 5.74) is 3.66. The molecule has 5 heteroatoms. The van der Waals surface area contributed by atoms with Gasteiger partial charge in [-0.1, -0.05) is 59.9 Å². The van der Waals surface area contributed by atoms with Gasteiger partial charge in [0.2, 0.25) is 0 Å². The normalized spacial score (nSPS) is 11.2. The maximum atomic E-state index is 12.7. The number of ether oxygens (including phenoxy) is 1. The van der Waals surface area contributed by atoms with Crippen LogP contribution in [-0.2, 0) is 0 Å². The van der Waals surface area contributed by atoms with Crippen molar-refractivity contribution in [2.45, 2.75) is 0 Å². The fraction of sp³-hybridized carbons (Fsp3) is 0.0435. The summed E-state index contributed by atoms with van der Waals surface area (Å²) >= 11 is 1.03. The molecule has 0 bridgehead atoms. The first-order chi connectivity index (χ1) is 13.7. The van der Waals surface area contributed by atoms with Crippen molar-refractivity contribution in [2.75, 3.05) is 7.11 Å². The number of allylic oxidation sites excluding steroid dienone is 1. The Bertz CT molecular complexity index is 1240. The number of thiazole rings is 1. The van der Waals surface area contributed by atoms with Gasteiger partial charge < -0.3 is 4.74 Å². The first kappa shape index (κ1) is 17.9. The van der Waals surface area contributed by atoms with E-state index in [0.29, 0.717) is 11.3 Å². The second-order valence-corrected chi connectivity index (χ2v) is 7.19. The van der Waals surface area contributed by atoms with Gasteiger partial charge in [0, 0.05) is 6.08 Å². The van der Waals surface area contributed by atoms with Crippen molar-refractivity contribution in [2.24, 2.45) is 0 Å². The zero-order chi connectivity index (χ0) is 19.5. The molecule has 0 aliphatic rings. The molecule has 0 fully saturated rings. The van der Waals surface area contributed by atoms with Crippen LogP contribution in [0.4, 0.5) is 0 Å². The van der Waals surface area contributed by atoms with Crippen molar-refractivity contribution >= 4 is 33.5 Å². The Morgan fingerprint density at radius 3 is 2.54 bits per heavy atom. The summed E-state index contributed by atoms with van der Waals surface area (Å²) < 4.78 is 7.09. The lowest BCUT2D eigenvalue weighted by atomic mass is 10.0. The van der Waals surface area contributed by atoms with E-state index >= 15 is 0 Å². The number of hydrogen-bond acceptors (Lipinski definition) is 4. The van der Waals surface area contributed by atoms with Gasteiger partial charge >= 0.3 is 4.87 Å². The van der Waals surface area contributed by atoms with Gasteiger partial charge in [-0.25, -0.2) is 4.57 Å². The summed E-state index contributed by atoms with van der Waals surface area (Å²) in [5.74, 6) is 0.285. The molecule has 0 saturated heterocycles. The molecule has 0 aliphatic carbocycles. The Balaban J connectivity index is 1.64. The third kappa shape index (κ3) is 3.52. The Labute approximate surface area is 166 Å². The van der Waals surface area contributed by atoms with Crippen LogP contribution in [0.5, 0.6) is 5.75 Å². The third-order valence-electron chi connectivity index (χ3n) is 4.42. The summed E-state index contributed by atoms with van der Waals surface area (Å²) in [6, 6.07) is 23.2. The molecule has 138 valence electrons. The number of methoxy groups -OCH3 is 1. The van der Waals surface area contributed by atoms with Gasteiger partial charge in [-0.3, -0.25) is 9.59 Å². The van der Waals surface area contributed by atoms with Gasteiger partial charge in [-0.05, 0) is 47.0 Å². The molecular weight excluding hydrogens is 370 g/mol. The summed E-state index contributed by atoms with van der Waals surface area (Å²) in [6.45, 7) is 0. The maximum Gasteiger partial charge on any atom is 0.315 e. The highest BCUT2D eigenvalue weighted by atomic mass is 32.1. The number of carbonyl (C=O) groups is 1. The fourth-order valence-electron chi connectivity index (χ4n) is 3.03. The van der Waals surface area contributed by atoms with E-state index in [0.717, 1.165) is 32.7 Å². The molecular formula is C23H17NO3S. The predicted octanol–water partition coefficient (Wildman–Crippen LogP) is 5.09. The molecule has 4 nitrogen and oxygen atoms in total. The number of benzene rings is 3. The highest BCUT2D eigenvalue weighted by molar-refractivity contribution is 7.16. The monoisotopic (exact) mass is 387 g/mol. The highest BCUT2D eigenvalue weighted by Crippen LogP contribution is 2.23. The summed E-state index contributed by atoms with van der Waals surface area (Å²) in [5, 5.41) is 0. The number of hydrogen-bond donors (Lipinski definition) is 0. The third-order valence-corrected chi connectivity index (χ3v) is 5.32. The van der Waals surface area contributed by atoms with Crippen molar-refractivity contribution < 1.29 is 9.53 Å². The molecule has 1 aromatic heterocycles. The van der Waals surface area contributed by atoms with Crippen LogP contribution < -0.4 is 9.61 Å². The summed E-state index contributed by atoms with van der Waals surface area (Å²) in [4.78, 5) is 24.7. The number of aromatic nitrogens is 1. The average molecular weight is 387 g/mol. The van der Waals surface area contributed by atoms with Crippen LogP contribution in [0.25, 0.3) is 27.4 Å². The van der Waals surface area contributed by atoms with E-state index in [9.17, 15) is 9.59 Å². The van der Waals surface area contributed by atoms with Crippen LogP contribution in [0.1, 0.15) is 10.4 Å². The van der Waals surface area contributed by atoms with Crippen molar-refractivity contribution in [3.05, 3.63) is 94.1 Å². The fourth-order valence-corrected chi connectivity index (χ4v) is 3.94. The molecule has 4 rings (SSSR count). The van der Waals surface area contributed by atoms with E-state index in [-0.39, 0.29) is 10.8 Å². The zero-order valence-corrected chi connectivity index (χ0v) is 16.0. The molecule has 28 heavy (non-hydrogen) atoms. The van der Waals surface area contributed by atoms with E-state index in [1.165, 1.54) is 10.6 Å². The minimum absolute atomic E-state index is 0.309. The van der Waals surface area contributed by atoms with Crippen LogP contribution in [0.15, 0.2) is 83.7 Å². The Kier molecular flexibility index (Phi) is 4.91. The van der Waals surface area contributed by atoms with Crippen LogP contribution in [-0.4, -0.2) is 17.6 Å². The first-order valence-electron chi connectivity index (χ1n) is 8.73. The summed E-state index contributed by atoms with van der Waals surface area (Å²) in [6.07, 6.45) is 3.16. The largest absolute Gasteiger partial charge is 0.497 e. The molecule has 0 spiro atoms. The number of carbonyl (C=O) groups excluding carboxylic acids is 1. The van der Waals surface area contributed by atoms with Gasteiger partial charge in [0.05, 0.1) is 17.3 Å². The van der Waals surface area contributed by atoms with Gasteiger partial charge in [0.15, 0.2) is 0 Å². The molecule has 0 N–H and O–H groups in total. The number of nitrogens with zero attached hydrogens (tertiary/aromatic N) is 1. The molecule has 3 aromatic carbocycles. The number of fused-ring (bicyclic) bond motifs is 1. The lowest BCUT2D eigenvalue weighted by Crippen LogP contribution is -2.19. The number of rotatable bonds is 4. The Hall–Kier alpha value is -3.44. The summed E-state index contributed by atoms with van der Waals surface area (Å²) in [7, 11) is 1.57. The topological polar surface area (TPSA) is 48.3 Å². The van der Waals surface area contributed by atoms with E-state index in [1.807, 2.05) is 54.6 Å². The van der Waals surface area contributed by atoms with Crippen molar-refractivity contribution in [3.63, 3.8) is 0 Å². The van der Waals surface area contributed by atoms with Crippen LogP contribution in [0, 0.1) is 0 Å². The average Bonchev–Trinajstić information content (AvgIpc) is 3.07. The minimum Gasteiger partial charge on any atom is -0.497 e.